The number of imide groups is 1. The molecule has 2 aromatic carbocycles. The molecule has 38 heavy (non-hydrogen) atoms. The third kappa shape index (κ3) is 6.04. The van der Waals surface area contributed by atoms with Crippen LogP contribution in [0.25, 0.3) is 0 Å². The van der Waals surface area contributed by atoms with Crippen LogP contribution in [0.15, 0.2) is 42.5 Å². The third-order valence-electron chi connectivity index (χ3n) is 6.11. The smallest absolute Gasteiger partial charge is 0.419 e. The van der Waals surface area contributed by atoms with E-state index in [1.54, 1.807) is 17.0 Å². The number of alkyl halides is 3. The van der Waals surface area contributed by atoms with Crippen molar-refractivity contribution in [3.05, 3.63) is 59.2 Å². The number of carbonyl (C=O) groups excluding carboxylic acids is 3. The van der Waals surface area contributed by atoms with Crippen LogP contribution in [-0.2, 0) is 33.3 Å². The predicted molar refractivity (Wildman–Crippen MR) is 129 cm³/mol. The first-order chi connectivity index (χ1) is 18.0. The molecule has 1 N–H and O–H groups in total. The number of hydrogen-bond donors (Lipinski definition) is 1. The Morgan fingerprint density at radius 3 is 2.42 bits per heavy atom. The number of carbonyl (C=O) groups is 4. The number of cyclic esters (lactones) is 1. The summed E-state index contributed by atoms with van der Waals surface area (Å²) in [6, 6.07) is 9.73. The Bertz CT molecular complexity index is 1250. The number of thioether (sulfide) groups is 1. The summed E-state index contributed by atoms with van der Waals surface area (Å²) >= 11 is 0.585. The summed E-state index contributed by atoms with van der Waals surface area (Å²) in [6.07, 6.45) is -4.80. The molecule has 0 radical (unpaired) electrons. The molecular weight excluding hydrogens is 529 g/mol. The van der Waals surface area contributed by atoms with Crippen molar-refractivity contribution >= 4 is 35.0 Å². The average molecular weight is 553 g/mol. The largest absolute Gasteiger partial charge is 0.480 e. The quantitative estimate of drug-likeness (QED) is 0.481. The van der Waals surface area contributed by atoms with Gasteiger partial charge in [-0.15, -0.1) is 0 Å². The fraction of sp³-hybridized carbons (Fsp3) is 0.360. The minimum absolute atomic E-state index is 0.125. The highest BCUT2D eigenvalue weighted by molar-refractivity contribution is 8.15. The first-order valence-corrected chi connectivity index (χ1v) is 12.5. The second-order valence-corrected chi connectivity index (χ2v) is 9.84. The van der Waals surface area contributed by atoms with Gasteiger partial charge in [0.1, 0.15) is 24.7 Å². The molecule has 2 heterocycles. The van der Waals surface area contributed by atoms with Gasteiger partial charge in [-0.05, 0) is 55.2 Å². The average Bonchev–Trinajstić information content (AvgIpc) is 3.33. The lowest BCUT2D eigenvalue weighted by Gasteiger charge is -2.19. The Labute approximate surface area is 219 Å². The van der Waals surface area contributed by atoms with E-state index in [9.17, 15) is 32.3 Å². The standard InChI is InChI=1S/C25H23F3N2O7S/c1-2-29-16(13-36-23(29)34)9-14-3-6-17(7-4-14)37-19-8-5-15(10-18(19)25(26,27)28)11-20-22(33)30(12-21(31)32)24(35)38-20/h3-8,10,16,20H,2,9,11-13H2,1H3,(H,31,32). The number of aliphatic carboxylic acids is 1. The number of hydrogen-bond acceptors (Lipinski definition) is 7. The van der Waals surface area contributed by atoms with E-state index in [1.165, 1.54) is 18.2 Å². The van der Waals surface area contributed by atoms with Gasteiger partial charge >= 0.3 is 18.2 Å². The van der Waals surface area contributed by atoms with Crippen molar-refractivity contribution in [2.45, 2.75) is 37.2 Å². The topological polar surface area (TPSA) is 113 Å². The SMILES string of the molecule is CCN1C(=O)OCC1Cc1ccc(Oc2ccc(CC3SC(=O)N(CC(=O)O)C3=O)cc2C(F)(F)F)cc1. The molecule has 2 aliphatic rings. The van der Waals surface area contributed by atoms with Gasteiger partial charge in [0, 0.05) is 6.54 Å². The van der Waals surface area contributed by atoms with Gasteiger partial charge < -0.3 is 19.5 Å². The van der Waals surface area contributed by atoms with Crippen molar-refractivity contribution in [2.24, 2.45) is 0 Å². The molecular formula is C25H23F3N2O7S. The van der Waals surface area contributed by atoms with Crippen LogP contribution in [0.3, 0.4) is 0 Å². The first kappa shape index (κ1) is 27.3. The zero-order valence-corrected chi connectivity index (χ0v) is 20.9. The highest BCUT2D eigenvalue weighted by Gasteiger charge is 2.41. The lowest BCUT2D eigenvalue weighted by Crippen LogP contribution is -2.36. The number of rotatable bonds is 9. The summed E-state index contributed by atoms with van der Waals surface area (Å²) in [5.74, 6) is -2.39. The van der Waals surface area contributed by atoms with Crippen LogP contribution in [0.5, 0.6) is 11.5 Å². The van der Waals surface area contributed by atoms with Crippen LogP contribution in [0.4, 0.5) is 22.8 Å². The molecule has 3 amide bonds. The number of amides is 3. The Morgan fingerprint density at radius 2 is 1.79 bits per heavy atom. The maximum absolute atomic E-state index is 13.9. The van der Waals surface area contributed by atoms with Gasteiger partial charge in [0.25, 0.3) is 5.24 Å². The second kappa shape index (κ2) is 10.9. The summed E-state index contributed by atoms with van der Waals surface area (Å²) in [7, 11) is 0. The number of carboxylic acid groups (broad SMARTS) is 1. The molecule has 13 heteroatoms. The second-order valence-electron chi connectivity index (χ2n) is 8.69. The maximum Gasteiger partial charge on any atom is 0.419 e. The fourth-order valence-electron chi connectivity index (χ4n) is 4.27. The summed E-state index contributed by atoms with van der Waals surface area (Å²) in [5, 5.41) is 7.08. The van der Waals surface area contributed by atoms with E-state index < -0.39 is 46.4 Å². The molecule has 9 nitrogen and oxygen atoms in total. The van der Waals surface area contributed by atoms with Gasteiger partial charge in [-0.2, -0.15) is 13.2 Å². The number of nitrogens with zero attached hydrogens (tertiary/aromatic N) is 2. The number of likely N-dealkylation sites (N-methyl/N-ethyl adjacent to an activating group) is 1. The molecule has 0 aromatic heterocycles. The van der Waals surface area contributed by atoms with Gasteiger partial charge in [-0.1, -0.05) is 30.0 Å². The van der Waals surface area contributed by atoms with Gasteiger partial charge in [0.15, 0.2) is 0 Å². The van der Waals surface area contributed by atoms with E-state index in [-0.39, 0.29) is 36.5 Å². The van der Waals surface area contributed by atoms with Crippen molar-refractivity contribution in [2.75, 3.05) is 19.7 Å². The van der Waals surface area contributed by atoms with Crippen LogP contribution >= 0.6 is 11.8 Å². The normalized spacial score (nSPS) is 19.7. The molecule has 2 atom stereocenters. The zero-order chi connectivity index (χ0) is 27.6. The van der Waals surface area contributed by atoms with Gasteiger partial charge in [0.05, 0.1) is 16.9 Å². The molecule has 2 aliphatic heterocycles. The Balaban J connectivity index is 1.47. The van der Waals surface area contributed by atoms with E-state index in [0.29, 0.717) is 29.6 Å². The minimum Gasteiger partial charge on any atom is -0.480 e. The van der Waals surface area contributed by atoms with Crippen molar-refractivity contribution in [1.82, 2.24) is 9.80 Å². The molecule has 2 aromatic rings. The molecule has 2 unspecified atom stereocenters. The Hall–Kier alpha value is -3.74. The molecule has 202 valence electrons. The summed E-state index contributed by atoms with van der Waals surface area (Å²) in [4.78, 5) is 49.1. The Morgan fingerprint density at radius 1 is 1.11 bits per heavy atom. The van der Waals surface area contributed by atoms with Crippen LogP contribution in [-0.4, -0.2) is 69.1 Å². The first-order valence-electron chi connectivity index (χ1n) is 11.6. The van der Waals surface area contributed by atoms with E-state index in [4.69, 9.17) is 14.6 Å². The van der Waals surface area contributed by atoms with Gasteiger partial charge in [-0.25, -0.2) is 4.79 Å². The number of ether oxygens (including phenoxy) is 2. The van der Waals surface area contributed by atoms with Crippen molar-refractivity contribution in [3.8, 4) is 11.5 Å². The highest BCUT2D eigenvalue weighted by atomic mass is 32.2. The highest BCUT2D eigenvalue weighted by Crippen LogP contribution is 2.40. The van der Waals surface area contributed by atoms with E-state index in [1.807, 2.05) is 6.92 Å². The molecule has 0 saturated carbocycles. The summed E-state index contributed by atoms with van der Waals surface area (Å²) in [6.45, 7) is 1.82. The number of carboxylic acids is 1. The third-order valence-corrected chi connectivity index (χ3v) is 7.18. The summed E-state index contributed by atoms with van der Waals surface area (Å²) < 4.78 is 52.2. The fourth-order valence-corrected chi connectivity index (χ4v) is 5.30. The van der Waals surface area contributed by atoms with Gasteiger partial charge in [-0.3, -0.25) is 19.3 Å². The van der Waals surface area contributed by atoms with E-state index >= 15 is 0 Å². The summed E-state index contributed by atoms with van der Waals surface area (Å²) in [5.41, 5.74) is -0.0520. The van der Waals surface area contributed by atoms with Crippen LogP contribution < -0.4 is 4.74 Å². The van der Waals surface area contributed by atoms with E-state index in [2.05, 4.69) is 0 Å². The monoisotopic (exact) mass is 552 g/mol. The molecule has 4 rings (SSSR count). The Kier molecular flexibility index (Phi) is 7.86. The molecule has 2 saturated heterocycles. The molecule has 0 bridgehead atoms. The lowest BCUT2D eigenvalue weighted by molar-refractivity contribution is -0.141. The lowest BCUT2D eigenvalue weighted by atomic mass is 10.0. The maximum atomic E-state index is 13.9. The van der Waals surface area contributed by atoms with Crippen LogP contribution in [0.1, 0.15) is 23.6 Å². The van der Waals surface area contributed by atoms with Gasteiger partial charge in [0.2, 0.25) is 5.91 Å². The predicted octanol–water partition coefficient (Wildman–Crippen LogP) is 4.57. The van der Waals surface area contributed by atoms with Crippen molar-refractivity contribution in [1.29, 1.82) is 0 Å². The molecule has 2 fully saturated rings. The molecule has 0 spiro atoms. The number of benzene rings is 2. The van der Waals surface area contributed by atoms with Crippen molar-refractivity contribution < 1.29 is 46.9 Å². The molecule has 0 aliphatic carbocycles. The van der Waals surface area contributed by atoms with Crippen LogP contribution in [0.2, 0.25) is 0 Å². The number of halogens is 3. The zero-order valence-electron chi connectivity index (χ0n) is 20.1. The minimum atomic E-state index is -4.76. The van der Waals surface area contributed by atoms with Crippen LogP contribution in [0, 0.1) is 0 Å². The van der Waals surface area contributed by atoms with Crippen molar-refractivity contribution in [3.63, 3.8) is 0 Å². The van der Waals surface area contributed by atoms with E-state index in [0.717, 1.165) is 17.7 Å².